The average molecular weight is 267 g/mol. The lowest BCUT2D eigenvalue weighted by Gasteiger charge is -2.12. The first-order valence-electron chi connectivity index (χ1n) is 5.56. The Balaban J connectivity index is 2.60. The van der Waals surface area contributed by atoms with Crippen molar-refractivity contribution in [2.75, 3.05) is 20.6 Å². The number of fused-ring (bicyclic) bond motifs is 1. The van der Waals surface area contributed by atoms with E-state index in [1.807, 2.05) is 19.0 Å². The van der Waals surface area contributed by atoms with E-state index in [9.17, 15) is 9.18 Å². The van der Waals surface area contributed by atoms with E-state index in [1.165, 1.54) is 22.8 Å². The van der Waals surface area contributed by atoms with Crippen LogP contribution in [0.3, 0.4) is 0 Å². The van der Waals surface area contributed by atoms with E-state index in [2.05, 4.69) is 4.98 Å². The van der Waals surface area contributed by atoms with Gasteiger partial charge in [-0.25, -0.2) is 4.39 Å². The molecular formula is C12H14FN3OS. The summed E-state index contributed by atoms with van der Waals surface area (Å²) >= 11 is 5.15. The number of H-pyrrole nitrogens is 1. The van der Waals surface area contributed by atoms with Gasteiger partial charge < -0.3 is 9.88 Å². The molecule has 0 unspecified atom stereocenters. The summed E-state index contributed by atoms with van der Waals surface area (Å²) in [5, 5.41) is 0.322. The summed E-state index contributed by atoms with van der Waals surface area (Å²) in [6.45, 7) is 1.17. The van der Waals surface area contributed by atoms with Gasteiger partial charge in [0.05, 0.1) is 10.9 Å². The number of aromatic amines is 1. The molecule has 1 aromatic carbocycles. The summed E-state index contributed by atoms with van der Waals surface area (Å²) < 4.78 is 15.0. The van der Waals surface area contributed by atoms with Crippen molar-refractivity contribution >= 4 is 23.1 Å². The van der Waals surface area contributed by atoms with Gasteiger partial charge in [0.1, 0.15) is 5.82 Å². The highest BCUT2D eigenvalue weighted by atomic mass is 32.1. The first-order chi connectivity index (χ1) is 8.49. The summed E-state index contributed by atoms with van der Waals surface area (Å²) in [5.41, 5.74) is 0.308. The molecule has 0 aliphatic heterocycles. The second kappa shape index (κ2) is 4.99. The minimum absolute atomic E-state index is 0.255. The highest BCUT2D eigenvalue weighted by Crippen LogP contribution is 2.09. The van der Waals surface area contributed by atoms with Crippen LogP contribution in [0.4, 0.5) is 4.39 Å². The fraction of sp³-hybridized carbons (Fsp3) is 0.333. The van der Waals surface area contributed by atoms with Gasteiger partial charge in [0.25, 0.3) is 5.56 Å². The maximum absolute atomic E-state index is 13.2. The zero-order valence-corrected chi connectivity index (χ0v) is 11.1. The van der Waals surface area contributed by atoms with Gasteiger partial charge in [-0.1, -0.05) is 0 Å². The molecule has 0 saturated heterocycles. The zero-order chi connectivity index (χ0) is 13.3. The van der Waals surface area contributed by atoms with Gasteiger partial charge in [0, 0.05) is 13.1 Å². The normalized spacial score (nSPS) is 11.3. The Morgan fingerprint density at radius 3 is 2.83 bits per heavy atom. The molecule has 0 bridgehead atoms. The van der Waals surface area contributed by atoms with E-state index in [4.69, 9.17) is 12.2 Å². The highest BCUT2D eigenvalue weighted by Gasteiger charge is 2.06. The number of rotatable bonds is 3. The minimum Gasteiger partial charge on any atom is -0.332 e. The summed E-state index contributed by atoms with van der Waals surface area (Å²) in [7, 11) is 3.83. The van der Waals surface area contributed by atoms with Crippen molar-refractivity contribution in [2.45, 2.75) is 6.54 Å². The fourth-order valence-electron chi connectivity index (χ4n) is 1.73. The van der Waals surface area contributed by atoms with Crippen molar-refractivity contribution in [3.8, 4) is 0 Å². The van der Waals surface area contributed by atoms with E-state index in [1.54, 1.807) is 0 Å². The summed E-state index contributed by atoms with van der Waals surface area (Å²) in [6.07, 6.45) is 0. The molecule has 0 aliphatic carbocycles. The lowest BCUT2D eigenvalue weighted by molar-refractivity contribution is 0.379. The predicted octanol–water partition coefficient (Wildman–Crippen LogP) is 1.76. The number of nitrogens with one attached hydrogen (secondary N) is 1. The molecule has 18 heavy (non-hydrogen) atoms. The fourth-order valence-corrected chi connectivity index (χ4v) is 2.01. The number of likely N-dealkylation sites (N-methyl/N-ethyl adjacent to an activating group) is 1. The lowest BCUT2D eigenvalue weighted by Crippen LogP contribution is -2.28. The molecule has 0 amide bonds. The maximum atomic E-state index is 13.2. The Hall–Kier alpha value is -1.53. The average Bonchev–Trinajstić information content (AvgIpc) is 2.30. The van der Waals surface area contributed by atoms with Gasteiger partial charge in [-0.2, -0.15) is 0 Å². The molecule has 4 nitrogen and oxygen atoms in total. The largest absolute Gasteiger partial charge is 0.332 e. The Bertz CT molecular complexity index is 690. The molecule has 2 rings (SSSR count). The Morgan fingerprint density at radius 2 is 2.17 bits per heavy atom. The SMILES string of the molecule is CN(C)CCn1c(=S)[nH]c2ccc(F)cc2c1=O. The van der Waals surface area contributed by atoms with Crippen LogP contribution in [-0.2, 0) is 6.54 Å². The number of aromatic nitrogens is 2. The number of benzene rings is 1. The van der Waals surface area contributed by atoms with Gasteiger partial charge in [-0.05, 0) is 44.5 Å². The van der Waals surface area contributed by atoms with E-state index in [0.717, 1.165) is 0 Å². The van der Waals surface area contributed by atoms with Crippen molar-refractivity contribution in [3.05, 3.63) is 39.1 Å². The maximum Gasteiger partial charge on any atom is 0.262 e. The molecular weight excluding hydrogens is 253 g/mol. The molecule has 0 fully saturated rings. The van der Waals surface area contributed by atoms with Crippen molar-refractivity contribution in [1.82, 2.24) is 14.5 Å². The van der Waals surface area contributed by atoms with E-state index in [0.29, 0.717) is 28.8 Å². The minimum atomic E-state index is -0.427. The van der Waals surface area contributed by atoms with Gasteiger partial charge >= 0.3 is 0 Å². The Kier molecular flexibility index (Phi) is 3.58. The third-order valence-electron chi connectivity index (χ3n) is 2.71. The first-order valence-corrected chi connectivity index (χ1v) is 5.97. The number of hydrogen-bond donors (Lipinski definition) is 1. The Labute approximate surface area is 109 Å². The van der Waals surface area contributed by atoms with Crippen molar-refractivity contribution in [2.24, 2.45) is 0 Å². The lowest BCUT2D eigenvalue weighted by atomic mass is 10.2. The molecule has 2 aromatic rings. The van der Waals surface area contributed by atoms with Crippen molar-refractivity contribution in [1.29, 1.82) is 0 Å². The molecule has 0 spiro atoms. The van der Waals surface area contributed by atoms with Crippen LogP contribution in [0.2, 0.25) is 0 Å². The van der Waals surface area contributed by atoms with Crippen molar-refractivity contribution < 1.29 is 4.39 Å². The smallest absolute Gasteiger partial charge is 0.262 e. The van der Waals surface area contributed by atoms with E-state index < -0.39 is 5.82 Å². The summed E-state index contributed by atoms with van der Waals surface area (Å²) in [5.74, 6) is -0.427. The highest BCUT2D eigenvalue weighted by molar-refractivity contribution is 7.71. The van der Waals surface area contributed by atoms with E-state index in [-0.39, 0.29) is 5.56 Å². The zero-order valence-electron chi connectivity index (χ0n) is 10.2. The monoisotopic (exact) mass is 267 g/mol. The summed E-state index contributed by atoms with van der Waals surface area (Å²) in [6, 6.07) is 4.06. The van der Waals surface area contributed by atoms with Gasteiger partial charge in [-0.15, -0.1) is 0 Å². The quantitative estimate of drug-likeness (QED) is 0.862. The second-order valence-electron chi connectivity index (χ2n) is 4.38. The third-order valence-corrected chi connectivity index (χ3v) is 3.04. The van der Waals surface area contributed by atoms with Crippen LogP contribution in [0.25, 0.3) is 10.9 Å². The molecule has 6 heteroatoms. The Morgan fingerprint density at radius 1 is 1.44 bits per heavy atom. The van der Waals surface area contributed by atoms with Crippen LogP contribution in [-0.4, -0.2) is 35.1 Å². The molecule has 1 N–H and O–H groups in total. The number of hydrogen-bond acceptors (Lipinski definition) is 3. The van der Waals surface area contributed by atoms with Crippen LogP contribution in [0, 0.1) is 10.6 Å². The van der Waals surface area contributed by atoms with Gasteiger partial charge in [-0.3, -0.25) is 9.36 Å². The van der Waals surface area contributed by atoms with Gasteiger partial charge in [0.2, 0.25) is 0 Å². The molecule has 1 heterocycles. The van der Waals surface area contributed by atoms with Crippen LogP contribution in [0.5, 0.6) is 0 Å². The standard InChI is InChI=1S/C12H14FN3OS/c1-15(2)5-6-16-11(17)9-7-8(13)3-4-10(9)14-12(16)18/h3-4,7H,5-6H2,1-2H3,(H,14,18). The predicted molar refractivity (Wildman–Crippen MR) is 71.9 cm³/mol. The van der Waals surface area contributed by atoms with Crippen LogP contribution in [0.1, 0.15) is 0 Å². The molecule has 0 saturated carbocycles. The molecule has 0 aliphatic rings. The molecule has 1 aromatic heterocycles. The molecule has 0 radical (unpaired) electrons. The van der Waals surface area contributed by atoms with Gasteiger partial charge in [0.15, 0.2) is 4.77 Å². The van der Waals surface area contributed by atoms with Crippen LogP contribution in [0.15, 0.2) is 23.0 Å². The molecule has 0 atom stereocenters. The van der Waals surface area contributed by atoms with E-state index >= 15 is 0 Å². The number of halogens is 1. The molecule has 96 valence electrons. The number of nitrogens with zero attached hydrogens (tertiary/aromatic N) is 2. The van der Waals surface area contributed by atoms with Crippen LogP contribution >= 0.6 is 12.2 Å². The first kappa shape index (κ1) is 12.9. The summed E-state index contributed by atoms with van der Waals surface area (Å²) in [4.78, 5) is 17.1. The third kappa shape index (κ3) is 2.49. The second-order valence-corrected chi connectivity index (χ2v) is 4.77. The topological polar surface area (TPSA) is 41.0 Å². The van der Waals surface area contributed by atoms with Crippen LogP contribution < -0.4 is 5.56 Å². The van der Waals surface area contributed by atoms with Crippen molar-refractivity contribution in [3.63, 3.8) is 0 Å².